The first-order valence-corrected chi connectivity index (χ1v) is 5.84. The van der Waals surface area contributed by atoms with E-state index in [0.717, 1.165) is 19.1 Å². The third-order valence-electron chi connectivity index (χ3n) is 3.35. The Labute approximate surface area is 86.8 Å². The lowest BCUT2D eigenvalue weighted by Crippen LogP contribution is -2.40. The van der Waals surface area contributed by atoms with Gasteiger partial charge < -0.3 is 15.0 Å². The van der Waals surface area contributed by atoms with Crippen LogP contribution in [0.15, 0.2) is 0 Å². The van der Waals surface area contributed by atoms with Crippen LogP contribution in [-0.4, -0.2) is 50.8 Å². The average molecular weight is 198 g/mol. The fourth-order valence-corrected chi connectivity index (χ4v) is 2.47. The minimum atomic E-state index is 0.627. The minimum absolute atomic E-state index is 0.627. The van der Waals surface area contributed by atoms with Gasteiger partial charge in [0.2, 0.25) is 0 Å². The monoisotopic (exact) mass is 198 g/mol. The number of likely N-dealkylation sites (tertiary alicyclic amines) is 1. The molecule has 0 aliphatic carbocycles. The summed E-state index contributed by atoms with van der Waals surface area (Å²) in [6.45, 7) is 5.59. The van der Waals surface area contributed by atoms with E-state index in [2.05, 4.69) is 17.3 Å². The van der Waals surface area contributed by atoms with Gasteiger partial charge in [-0.2, -0.15) is 0 Å². The van der Waals surface area contributed by atoms with Crippen LogP contribution < -0.4 is 5.32 Å². The number of rotatable bonds is 3. The van der Waals surface area contributed by atoms with Crippen LogP contribution in [0.25, 0.3) is 0 Å². The highest BCUT2D eigenvalue weighted by atomic mass is 16.5. The standard InChI is InChI=1S/C11H22N2O/c1-13-5-2-3-10(8-13)7-12-11-4-6-14-9-11/h10-12H,2-9H2,1H3. The molecule has 2 aliphatic heterocycles. The summed E-state index contributed by atoms with van der Waals surface area (Å²) in [5.74, 6) is 0.856. The molecule has 0 aromatic heterocycles. The zero-order valence-electron chi connectivity index (χ0n) is 9.17. The Morgan fingerprint density at radius 1 is 1.43 bits per heavy atom. The minimum Gasteiger partial charge on any atom is -0.380 e. The quantitative estimate of drug-likeness (QED) is 0.723. The molecule has 0 radical (unpaired) electrons. The third-order valence-corrected chi connectivity index (χ3v) is 3.35. The van der Waals surface area contributed by atoms with Crippen LogP contribution in [0, 0.1) is 5.92 Å². The van der Waals surface area contributed by atoms with Gasteiger partial charge in [-0.1, -0.05) is 0 Å². The van der Waals surface area contributed by atoms with E-state index in [1.54, 1.807) is 0 Å². The molecule has 14 heavy (non-hydrogen) atoms. The van der Waals surface area contributed by atoms with E-state index >= 15 is 0 Å². The molecule has 2 heterocycles. The van der Waals surface area contributed by atoms with E-state index in [4.69, 9.17) is 4.74 Å². The molecule has 2 fully saturated rings. The highest BCUT2D eigenvalue weighted by Crippen LogP contribution is 2.14. The summed E-state index contributed by atoms with van der Waals surface area (Å²) < 4.78 is 5.35. The number of hydrogen-bond acceptors (Lipinski definition) is 3. The number of hydrogen-bond donors (Lipinski definition) is 1. The largest absolute Gasteiger partial charge is 0.380 e. The van der Waals surface area contributed by atoms with Gasteiger partial charge in [-0.15, -0.1) is 0 Å². The van der Waals surface area contributed by atoms with E-state index in [1.165, 1.54) is 38.9 Å². The first-order chi connectivity index (χ1) is 6.84. The summed E-state index contributed by atoms with van der Waals surface area (Å²) in [5, 5.41) is 3.62. The third kappa shape index (κ3) is 2.94. The van der Waals surface area contributed by atoms with E-state index in [9.17, 15) is 0 Å². The number of ether oxygens (including phenoxy) is 1. The first-order valence-electron chi connectivity index (χ1n) is 5.84. The molecule has 2 unspecified atom stereocenters. The molecule has 0 amide bonds. The van der Waals surface area contributed by atoms with Gasteiger partial charge in [0.25, 0.3) is 0 Å². The predicted octanol–water partition coefficient (Wildman–Crippen LogP) is 0.707. The second-order valence-corrected chi connectivity index (χ2v) is 4.74. The fraction of sp³-hybridized carbons (Fsp3) is 1.00. The van der Waals surface area contributed by atoms with Crippen molar-refractivity contribution in [2.24, 2.45) is 5.92 Å². The maximum absolute atomic E-state index is 5.35. The van der Waals surface area contributed by atoms with Crippen LogP contribution in [-0.2, 0) is 4.74 Å². The maximum Gasteiger partial charge on any atom is 0.0620 e. The maximum atomic E-state index is 5.35. The Morgan fingerprint density at radius 3 is 3.07 bits per heavy atom. The van der Waals surface area contributed by atoms with Crippen molar-refractivity contribution in [3.8, 4) is 0 Å². The Hall–Kier alpha value is -0.120. The van der Waals surface area contributed by atoms with Crippen molar-refractivity contribution in [1.29, 1.82) is 0 Å². The first kappa shape index (κ1) is 10.4. The summed E-state index contributed by atoms with van der Waals surface area (Å²) in [7, 11) is 2.23. The molecular weight excluding hydrogens is 176 g/mol. The average Bonchev–Trinajstić information content (AvgIpc) is 2.67. The van der Waals surface area contributed by atoms with E-state index < -0.39 is 0 Å². The van der Waals surface area contributed by atoms with Crippen molar-refractivity contribution < 1.29 is 4.74 Å². The summed E-state index contributed by atoms with van der Waals surface area (Å²) in [6.07, 6.45) is 3.96. The summed E-state index contributed by atoms with van der Waals surface area (Å²) in [5.41, 5.74) is 0. The van der Waals surface area contributed by atoms with Crippen LogP contribution >= 0.6 is 0 Å². The number of piperidine rings is 1. The lowest BCUT2D eigenvalue weighted by molar-refractivity contribution is 0.181. The van der Waals surface area contributed by atoms with Gasteiger partial charge in [-0.05, 0) is 45.3 Å². The summed E-state index contributed by atoms with van der Waals surface area (Å²) in [4.78, 5) is 2.45. The highest BCUT2D eigenvalue weighted by molar-refractivity contribution is 4.77. The van der Waals surface area contributed by atoms with Crippen molar-refractivity contribution in [3.63, 3.8) is 0 Å². The van der Waals surface area contributed by atoms with Gasteiger partial charge in [0, 0.05) is 19.2 Å². The van der Waals surface area contributed by atoms with Crippen molar-refractivity contribution in [3.05, 3.63) is 0 Å². The van der Waals surface area contributed by atoms with E-state index in [-0.39, 0.29) is 0 Å². The highest BCUT2D eigenvalue weighted by Gasteiger charge is 2.20. The molecule has 0 bridgehead atoms. The van der Waals surface area contributed by atoms with Crippen LogP contribution in [0.1, 0.15) is 19.3 Å². The molecule has 82 valence electrons. The SMILES string of the molecule is CN1CCCC(CNC2CCOC2)C1. The fourth-order valence-electron chi connectivity index (χ4n) is 2.47. The van der Waals surface area contributed by atoms with E-state index in [1.807, 2.05) is 0 Å². The van der Waals surface area contributed by atoms with Gasteiger partial charge >= 0.3 is 0 Å². The van der Waals surface area contributed by atoms with Gasteiger partial charge in [0.05, 0.1) is 6.61 Å². The zero-order chi connectivity index (χ0) is 9.80. The molecule has 1 N–H and O–H groups in total. The second-order valence-electron chi connectivity index (χ2n) is 4.74. The number of nitrogens with zero attached hydrogens (tertiary/aromatic N) is 1. The van der Waals surface area contributed by atoms with E-state index in [0.29, 0.717) is 6.04 Å². The molecule has 3 nitrogen and oxygen atoms in total. The Kier molecular flexibility index (Phi) is 3.79. The molecule has 2 aliphatic rings. The van der Waals surface area contributed by atoms with Crippen LogP contribution in [0.2, 0.25) is 0 Å². The Bertz CT molecular complexity index is 169. The van der Waals surface area contributed by atoms with Crippen LogP contribution in [0.3, 0.4) is 0 Å². The van der Waals surface area contributed by atoms with Crippen molar-refractivity contribution in [2.45, 2.75) is 25.3 Å². The normalized spacial score (nSPS) is 34.9. The molecule has 0 aromatic carbocycles. The molecular formula is C11H22N2O. The molecule has 3 heteroatoms. The molecule has 0 spiro atoms. The molecule has 2 rings (SSSR count). The Morgan fingerprint density at radius 2 is 2.36 bits per heavy atom. The summed E-state index contributed by atoms with van der Waals surface area (Å²) in [6, 6.07) is 0.627. The lowest BCUT2D eigenvalue weighted by Gasteiger charge is -2.30. The van der Waals surface area contributed by atoms with Crippen LogP contribution in [0.5, 0.6) is 0 Å². The van der Waals surface area contributed by atoms with Gasteiger partial charge in [0.15, 0.2) is 0 Å². The van der Waals surface area contributed by atoms with Gasteiger partial charge in [0.1, 0.15) is 0 Å². The predicted molar refractivity (Wildman–Crippen MR) is 57.4 cm³/mol. The van der Waals surface area contributed by atoms with Crippen molar-refractivity contribution >= 4 is 0 Å². The van der Waals surface area contributed by atoms with Gasteiger partial charge in [-0.25, -0.2) is 0 Å². The van der Waals surface area contributed by atoms with Crippen molar-refractivity contribution in [2.75, 3.05) is 39.9 Å². The van der Waals surface area contributed by atoms with Crippen molar-refractivity contribution in [1.82, 2.24) is 10.2 Å². The lowest BCUT2D eigenvalue weighted by atomic mass is 9.98. The topological polar surface area (TPSA) is 24.5 Å². The molecule has 2 saturated heterocycles. The summed E-state index contributed by atoms with van der Waals surface area (Å²) >= 11 is 0. The Balaban J connectivity index is 1.64. The molecule has 0 aromatic rings. The molecule has 2 atom stereocenters. The van der Waals surface area contributed by atoms with Crippen LogP contribution in [0.4, 0.5) is 0 Å². The smallest absolute Gasteiger partial charge is 0.0620 e. The molecule has 0 saturated carbocycles. The number of nitrogens with one attached hydrogen (secondary N) is 1. The van der Waals surface area contributed by atoms with Gasteiger partial charge in [-0.3, -0.25) is 0 Å². The zero-order valence-corrected chi connectivity index (χ0v) is 9.17. The second kappa shape index (κ2) is 5.10.